The second-order valence-corrected chi connectivity index (χ2v) is 6.24. The molecule has 1 atom stereocenters. The van der Waals surface area contributed by atoms with E-state index in [0.29, 0.717) is 16.5 Å². The van der Waals surface area contributed by atoms with Gasteiger partial charge < -0.3 is 4.74 Å². The first-order chi connectivity index (χ1) is 13.0. The van der Waals surface area contributed by atoms with Crippen LogP contribution >= 0.6 is 0 Å². The number of ether oxygens (including phenoxy) is 1. The maximum absolute atomic E-state index is 12.4. The van der Waals surface area contributed by atoms with Gasteiger partial charge in [-0.1, -0.05) is 43.3 Å². The Balaban J connectivity index is 1.69. The molecule has 0 saturated carbocycles. The summed E-state index contributed by atoms with van der Waals surface area (Å²) in [7, 11) is 0. The van der Waals surface area contributed by atoms with Crippen molar-refractivity contribution in [3.05, 3.63) is 76.3 Å². The summed E-state index contributed by atoms with van der Waals surface area (Å²) in [6, 6.07) is 14.1. The molecule has 1 aromatic heterocycles. The van der Waals surface area contributed by atoms with E-state index < -0.39 is 12.1 Å². The first-order valence-corrected chi connectivity index (χ1v) is 8.76. The van der Waals surface area contributed by atoms with Gasteiger partial charge in [-0.05, 0) is 31.0 Å². The van der Waals surface area contributed by atoms with Gasteiger partial charge in [-0.3, -0.25) is 19.0 Å². The van der Waals surface area contributed by atoms with Gasteiger partial charge in [0.2, 0.25) is 5.78 Å². The molecule has 0 radical (unpaired) electrons. The first-order valence-electron chi connectivity index (χ1n) is 8.76. The smallest absolute Gasteiger partial charge is 0.326 e. The predicted octanol–water partition coefficient (Wildman–Crippen LogP) is 2.77. The monoisotopic (exact) mass is 364 g/mol. The molecule has 1 unspecified atom stereocenters. The number of rotatable bonds is 6. The van der Waals surface area contributed by atoms with Gasteiger partial charge in [-0.2, -0.15) is 0 Å². The van der Waals surface area contributed by atoms with Crippen LogP contribution in [-0.2, 0) is 22.5 Å². The number of hydrogen-bond donors (Lipinski definition) is 0. The number of benzene rings is 2. The highest BCUT2D eigenvalue weighted by molar-refractivity contribution is 6.00. The van der Waals surface area contributed by atoms with Crippen LogP contribution in [0.4, 0.5) is 0 Å². The van der Waals surface area contributed by atoms with E-state index in [9.17, 15) is 14.4 Å². The number of aromatic nitrogens is 2. The Morgan fingerprint density at radius 3 is 2.52 bits per heavy atom. The molecule has 0 amide bonds. The number of carbonyl (C=O) groups is 2. The van der Waals surface area contributed by atoms with Crippen molar-refractivity contribution in [2.75, 3.05) is 0 Å². The molecule has 0 saturated heterocycles. The second kappa shape index (κ2) is 7.95. The molecule has 0 aliphatic heterocycles. The van der Waals surface area contributed by atoms with Crippen molar-refractivity contribution < 1.29 is 14.3 Å². The molecule has 3 rings (SSSR count). The summed E-state index contributed by atoms with van der Waals surface area (Å²) in [6.07, 6.45) is 1.25. The molecular formula is C21H20N2O4. The lowest BCUT2D eigenvalue weighted by molar-refractivity contribution is -0.147. The van der Waals surface area contributed by atoms with Crippen LogP contribution in [0, 0.1) is 0 Å². The Morgan fingerprint density at radius 1 is 1.11 bits per heavy atom. The maximum atomic E-state index is 12.4. The van der Waals surface area contributed by atoms with Gasteiger partial charge in [0.25, 0.3) is 5.56 Å². The van der Waals surface area contributed by atoms with Gasteiger partial charge in [-0.15, -0.1) is 0 Å². The van der Waals surface area contributed by atoms with E-state index in [0.717, 1.165) is 12.0 Å². The molecule has 6 heteroatoms. The minimum Gasteiger partial charge on any atom is -0.453 e. The van der Waals surface area contributed by atoms with Crippen LogP contribution in [0.5, 0.6) is 0 Å². The van der Waals surface area contributed by atoms with E-state index in [-0.39, 0.29) is 17.9 Å². The highest BCUT2D eigenvalue weighted by atomic mass is 16.5. The van der Waals surface area contributed by atoms with Crippen molar-refractivity contribution >= 4 is 22.7 Å². The van der Waals surface area contributed by atoms with Crippen LogP contribution in [0.2, 0.25) is 0 Å². The quantitative estimate of drug-likeness (QED) is 0.496. The normalized spacial score (nSPS) is 11.9. The van der Waals surface area contributed by atoms with Crippen LogP contribution < -0.4 is 5.56 Å². The average Bonchev–Trinajstić information content (AvgIpc) is 2.69. The number of Topliss-reactive ketones (excluding diaryl/α,β-unsaturated/α-hetero) is 1. The Labute approximate surface area is 156 Å². The molecule has 3 aromatic rings. The number of carbonyl (C=O) groups excluding carboxylic acids is 2. The fourth-order valence-corrected chi connectivity index (χ4v) is 2.79. The van der Waals surface area contributed by atoms with E-state index in [2.05, 4.69) is 4.98 Å². The Kier molecular flexibility index (Phi) is 5.45. The molecule has 2 aromatic carbocycles. The topological polar surface area (TPSA) is 78.3 Å². The second-order valence-electron chi connectivity index (χ2n) is 6.24. The molecule has 1 heterocycles. The van der Waals surface area contributed by atoms with Crippen LogP contribution in [0.15, 0.2) is 59.7 Å². The van der Waals surface area contributed by atoms with Crippen LogP contribution in [0.1, 0.15) is 29.8 Å². The molecule has 0 bridgehead atoms. The number of aryl methyl sites for hydroxylation is 1. The third-order valence-corrected chi connectivity index (χ3v) is 4.36. The SMILES string of the molecule is CCc1ccc(C(=O)C(C)OC(=O)Cn2cnc3ccccc3c2=O)cc1. The zero-order valence-electron chi connectivity index (χ0n) is 15.2. The van der Waals surface area contributed by atoms with Crippen molar-refractivity contribution in [1.82, 2.24) is 9.55 Å². The summed E-state index contributed by atoms with van der Waals surface area (Å²) in [5, 5.41) is 0.424. The summed E-state index contributed by atoms with van der Waals surface area (Å²) in [5.41, 5.74) is 1.84. The Hall–Kier alpha value is -3.28. The van der Waals surface area contributed by atoms with Crippen LogP contribution in [0.25, 0.3) is 10.9 Å². The van der Waals surface area contributed by atoms with E-state index in [1.165, 1.54) is 17.8 Å². The maximum Gasteiger partial charge on any atom is 0.326 e. The lowest BCUT2D eigenvalue weighted by Crippen LogP contribution is -2.30. The largest absolute Gasteiger partial charge is 0.453 e. The van der Waals surface area contributed by atoms with Gasteiger partial charge in [0.1, 0.15) is 6.54 Å². The van der Waals surface area contributed by atoms with Crippen molar-refractivity contribution in [3.63, 3.8) is 0 Å². The van der Waals surface area contributed by atoms with Crippen molar-refractivity contribution in [1.29, 1.82) is 0 Å². The summed E-state index contributed by atoms with van der Waals surface area (Å²) >= 11 is 0. The summed E-state index contributed by atoms with van der Waals surface area (Å²) in [6.45, 7) is 3.25. The van der Waals surface area contributed by atoms with Crippen LogP contribution in [0.3, 0.4) is 0 Å². The molecule has 0 fully saturated rings. The third-order valence-electron chi connectivity index (χ3n) is 4.36. The zero-order valence-corrected chi connectivity index (χ0v) is 15.2. The Bertz CT molecular complexity index is 1040. The number of fused-ring (bicyclic) bond motifs is 1. The van der Waals surface area contributed by atoms with E-state index in [1.807, 2.05) is 19.1 Å². The van der Waals surface area contributed by atoms with E-state index in [4.69, 9.17) is 4.74 Å². The number of esters is 1. The van der Waals surface area contributed by atoms with Crippen molar-refractivity contribution in [2.24, 2.45) is 0 Å². The number of hydrogen-bond acceptors (Lipinski definition) is 5. The fraction of sp³-hybridized carbons (Fsp3) is 0.238. The van der Waals surface area contributed by atoms with Crippen LogP contribution in [-0.4, -0.2) is 27.4 Å². The number of ketones is 1. The van der Waals surface area contributed by atoms with Gasteiger partial charge in [-0.25, -0.2) is 4.98 Å². The van der Waals surface area contributed by atoms with Crippen molar-refractivity contribution in [2.45, 2.75) is 32.9 Å². The van der Waals surface area contributed by atoms with Gasteiger partial charge in [0.15, 0.2) is 6.10 Å². The molecule has 6 nitrogen and oxygen atoms in total. The van der Waals surface area contributed by atoms with Gasteiger partial charge in [0, 0.05) is 5.56 Å². The van der Waals surface area contributed by atoms with E-state index >= 15 is 0 Å². The molecular weight excluding hydrogens is 344 g/mol. The van der Waals surface area contributed by atoms with Gasteiger partial charge >= 0.3 is 5.97 Å². The number of para-hydroxylation sites is 1. The highest BCUT2D eigenvalue weighted by Gasteiger charge is 2.20. The molecule has 0 aliphatic rings. The summed E-state index contributed by atoms with van der Waals surface area (Å²) in [5.74, 6) is -0.949. The fourth-order valence-electron chi connectivity index (χ4n) is 2.79. The highest BCUT2D eigenvalue weighted by Crippen LogP contribution is 2.10. The minimum atomic E-state index is -0.936. The Morgan fingerprint density at radius 2 is 1.81 bits per heavy atom. The molecule has 0 aliphatic carbocycles. The standard InChI is InChI=1S/C21H20N2O4/c1-3-15-8-10-16(11-9-15)20(25)14(2)27-19(24)12-23-13-22-18-7-5-4-6-17(18)21(23)26/h4-11,13-14H,3,12H2,1-2H3. The summed E-state index contributed by atoms with van der Waals surface area (Å²) < 4.78 is 6.40. The molecule has 27 heavy (non-hydrogen) atoms. The number of nitrogens with zero attached hydrogens (tertiary/aromatic N) is 2. The molecule has 0 spiro atoms. The molecule has 0 N–H and O–H groups in total. The average molecular weight is 364 g/mol. The third kappa shape index (κ3) is 4.11. The van der Waals surface area contributed by atoms with Gasteiger partial charge in [0.05, 0.1) is 17.2 Å². The lowest BCUT2D eigenvalue weighted by atomic mass is 10.0. The lowest BCUT2D eigenvalue weighted by Gasteiger charge is -2.13. The minimum absolute atomic E-state index is 0.282. The predicted molar refractivity (Wildman–Crippen MR) is 102 cm³/mol. The zero-order chi connectivity index (χ0) is 19.4. The first kappa shape index (κ1) is 18.5. The van der Waals surface area contributed by atoms with E-state index in [1.54, 1.807) is 36.4 Å². The molecule has 138 valence electrons. The summed E-state index contributed by atoms with van der Waals surface area (Å²) in [4.78, 5) is 41.2. The van der Waals surface area contributed by atoms with Crippen molar-refractivity contribution in [3.8, 4) is 0 Å².